The Bertz CT molecular complexity index is 721. The lowest BCUT2D eigenvalue weighted by molar-refractivity contribution is -0.123. The molecule has 0 aliphatic rings. The van der Waals surface area contributed by atoms with E-state index in [2.05, 4.69) is 15.3 Å². The predicted molar refractivity (Wildman–Crippen MR) is 80.1 cm³/mol. The number of aromatic nitrogens is 2. The lowest BCUT2D eigenvalue weighted by Gasteiger charge is -2.10. The minimum absolute atomic E-state index is 0.0636. The zero-order chi connectivity index (χ0) is 15.2. The van der Waals surface area contributed by atoms with E-state index in [1.54, 1.807) is 30.9 Å². The third-order valence-electron chi connectivity index (χ3n) is 3.07. The SMILES string of the molecule is O=C(COc1ccccc1-c1cnc[nH]1)NCc1ccco1. The van der Waals surface area contributed by atoms with Crippen LogP contribution in [0.3, 0.4) is 0 Å². The standard InChI is InChI=1S/C16H15N3O3/c20-16(18-8-12-4-3-7-21-12)10-22-15-6-2-1-5-13(15)14-9-17-11-19-14/h1-7,9,11H,8,10H2,(H,17,19)(H,18,20). The molecule has 2 N–H and O–H groups in total. The van der Waals surface area contributed by atoms with Gasteiger partial charge in [-0.05, 0) is 24.3 Å². The first kappa shape index (κ1) is 13.9. The molecule has 0 aliphatic carbocycles. The zero-order valence-corrected chi connectivity index (χ0v) is 11.8. The van der Waals surface area contributed by atoms with Crippen molar-refractivity contribution in [1.82, 2.24) is 15.3 Å². The first-order valence-electron chi connectivity index (χ1n) is 6.82. The van der Waals surface area contributed by atoms with Crippen molar-refractivity contribution in [2.75, 3.05) is 6.61 Å². The van der Waals surface area contributed by atoms with Crippen LogP contribution in [0.5, 0.6) is 5.75 Å². The Morgan fingerprint density at radius 2 is 2.18 bits per heavy atom. The summed E-state index contributed by atoms with van der Waals surface area (Å²) in [5.74, 6) is 1.11. The molecule has 3 rings (SSSR count). The molecule has 0 radical (unpaired) electrons. The molecule has 112 valence electrons. The van der Waals surface area contributed by atoms with E-state index in [0.717, 1.165) is 11.3 Å². The van der Waals surface area contributed by atoms with E-state index in [-0.39, 0.29) is 12.5 Å². The number of aromatic amines is 1. The summed E-state index contributed by atoms with van der Waals surface area (Å²) in [5, 5.41) is 2.73. The van der Waals surface area contributed by atoms with Gasteiger partial charge in [0.25, 0.3) is 5.91 Å². The highest BCUT2D eigenvalue weighted by Crippen LogP contribution is 2.27. The summed E-state index contributed by atoms with van der Waals surface area (Å²) < 4.78 is 10.8. The van der Waals surface area contributed by atoms with Crippen molar-refractivity contribution in [3.8, 4) is 17.0 Å². The molecule has 2 aromatic heterocycles. The summed E-state index contributed by atoms with van der Waals surface area (Å²) >= 11 is 0. The molecule has 3 aromatic rings. The van der Waals surface area contributed by atoms with Gasteiger partial charge in [0.05, 0.1) is 31.0 Å². The van der Waals surface area contributed by atoms with Crippen molar-refractivity contribution in [2.45, 2.75) is 6.54 Å². The molecule has 6 heteroatoms. The van der Waals surface area contributed by atoms with Gasteiger partial charge in [-0.1, -0.05) is 12.1 Å². The molecule has 0 spiro atoms. The van der Waals surface area contributed by atoms with Gasteiger partial charge in [0.15, 0.2) is 6.61 Å². The number of H-pyrrole nitrogens is 1. The molecule has 0 atom stereocenters. The number of nitrogens with one attached hydrogen (secondary N) is 2. The topological polar surface area (TPSA) is 80.1 Å². The van der Waals surface area contributed by atoms with Crippen LogP contribution in [-0.4, -0.2) is 22.5 Å². The third-order valence-corrected chi connectivity index (χ3v) is 3.07. The van der Waals surface area contributed by atoms with E-state index in [1.165, 1.54) is 0 Å². The van der Waals surface area contributed by atoms with Gasteiger partial charge in [-0.15, -0.1) is 0 Å². The minimum atomic E-state index is -0.212. The molecule has 0 aliphatic heterocycles. The Labute approximate surface area is 127 Å². The Kier molecular flexibility index (Phi) is 4.20. The molecule has 0 bridgehead atoms. The Morgan fingerprint density at radius 3 is 2.95 bits per heavy atom. The molecule has 0 saturated heterocycles. The highest BCUT2D eigenvalue weighted by atomic mass is 16.5. The van der Waals surface area contributed by atoms with Crippen LogP contribution in [0.15, 0.2) is 59.6 Å². The summed E-state index contributed by atoms with van der Waals surface area (Å²) in [6.45, 7) is 0.281. The van der Waals surface area contributed by atoms with Crippen LogP contribution in [0.1, 0.15) is 5.76 Å². The Morgan fingerprint density at radius 1 is 1.27 bits per heavy atom. The number of carbonyl (C=O) groups excluding carboxylic acids is 1. The fraction of sp³-hybridized carbons (Fsp3) is 0.125. The first-order valence-corrected chi connectivity index (χ1v) is 6.82. The second-order valence-corrected chi connectivity index (χ2v) is 4.61. The lowest BCUT2D eigenvalue weighted by Crippen LogP contribution is -2.28. The van der Waals surface area contributed by atoms with Gasteiger partial charge in [-0.2, -0.15) is 0 Å². The van der Waals surface area contributed by atoms with Gasteiger partial charge in [0.2, 0.25) is 0 Å². The second-order valence-electron chi connectivity index (χ2n) is 4.61. The van der Waals surface area contributed by atoms with Crippen LogP contribution in [0.4, 0.5) is 0 Å². The van der Waals surface area contributed by atoms with Gasteiger partial charge < -0.3 is 19.5 Å². The number of nitrogens with zero attached hydrogens (tertiary/aromatic N) is 1. The maximum Gasteiger partial charge on any atom is 0.258 e. The van der Waals surface area contributed by atoms with Crippen LogP contribution >= 0.6 is 0 Å². The molecule has 2 heterocycles. The number of amides is 1. The van der Waals surface area contributed by atoms with E-state index >= 15 is 0 Å². The molecular weight excluding hydrogens is 282 g/mol. The molecule has 22 heavy (non-hydrogen) atoms. The van der Waals surface area contributed by atoms with Crippen molar-refractivity contribution < 1.29 is 13.9 Å². The largest absolute Gasteiger partial charge is 0.483 e. The summed E-state index contributed by atoms with van der Waals surface area (Å²) in [6.07, 6.45) is 4.87. The van der Waals surface area contributed by atoms with Crippen molar-refractivity contribution in [1.29, 1.82) is 0 Å². The van der Waals surface area contributed by atoms with Gasteiger partial charge >= 0.3 is 0 Å². The number of carbonyl (C=O) groups is 1. The van der Waals surface area contributed by atoms with Crippen molar-refractivity contribution in [3.05, 3.63) is 60.9 Å². The van der Waals surface area contributed by atoms with E-state index < -0.39 is 0 Å². The molecule has 0 fully saturated rings. The number of para-hydroxylation sites is 1. The van der Waals surface area contributed by atoms with Crippen molar-refractivity contribution in [3.63, 3.8) is 0 Å². The van der Waals surface area contributed by atoms with Crippen LogP contribution in [-0.2, 0) is 11.3 Å². The summed E-state index contributed by atoms with van der Waals surface area (Å²) in [6, 6.07) is 11.1. The zero-order valence-electron chi connectivity index (χ0n) is 11.8. The molecule has 0 unspecified atom stereocenters. The molecular formula is C16H15N3O3. The van der Waals surface area contributed by atoms with Gasteiger partial charge in [0, 0.05) is 5.56 Å². The van der Waals surface area contributed by atoms with Crippen LogP contribution in [0.25, 0.3) is 11.3 Å². The normalized spacial score (nSPS) is 10.4. The van der Waals surface area contributed by atoms with Gasteiger partial charge in [-0.3, -0.25) is 4.79 Å². The van der Waals surface area contributed by atoms with E-state index in [0.29, 0.717) is 18.1 Å². The quantitative estimate of drug-likeness (QED) is 0.732. The molecule has 1 aromatic carbocycles. The van der Waals surface area contributed by atoms with Crippen molar-refractivity contribution in [2.24, 2.45) is 0 Å². The summed E-state index contributed by atoms with van der Waals surface area (Å²) in [5.41, 5.74) is 1.70. The molecule has 6 nitrogen and oxygen atoms in total. The van der Waals surface area contributed by atoms with Crippen molar-refractivity contribution >= 4 is 5.91 Å². The number of ether oxygens (including phenoxy) is 1. The maximum absolute atomic E-state index is 11.8. The van der Waals surface area contributed by atoms with E-state index in [4.69, 9.17) is 9.15 Å². The fourth-order valence-corrected chi connectivity index (χ4v) is 2.01. The fourth-order valence-electron chi connectivity index (χ4n) is 2.01. The van der Waals surface area contributed by atoms with E-state index in [9.17, 15) is 4.79 Å². The number of hydrogen-bond donors (Lipinski definition) is 2. The Hall–Kier alpha value is -3.02. The number of hydrogen-bond acceptors (Lipinski definition) is 4. The lowest BCUT2D eigenvalue weighted by atomic mass is 10.1. The van der Waals surface area contributed by atoms with E-state index in [1.807, 2.05) is 24.3 Å². The highest BCUT2D eigenvalue weighted by Gasteiger charge is 2.09. The predicted octanol–water partition coefficient (Wildman–Crippen LogP) is 2.36. The average molecular weight is 297 g/mol. The monoisotopic (exact) mass is 297 g/mol. The van der Waals surface area contributed by atoms with Gasteiger partial charge in [0.1, 0.15) is 11.5 Å². The summed E-state index contributed by atoms with van der Waals surface area (Å²) in [7, 11) is 0. The van der Waals surface area contributed by atoms with Gasteiger partial charge in [-0.25, -0.2) is 4.98 Å². The smallest absolute Gasteiger partial charge is 0.258 e. The number of benzene rings is 1. The van der Waals surface area contributed by atoms with Crippen LogP contribution < -0.4 is 10.1 Å². The number of furan rings is 1. The van der Waals surface area contributed by atoms with Crippen LogP contribution in [0.2, 0.25) is 0 Å². The first-order chi connectivity index (χ1) is 10.8. The molecule has 0 saturated carbocycles. The Balaban J connectivity index is 1.58. The maximum atomic E-state index is 11.8. The number of rotatable bonds is 6. The number of imidazole rings is 1. The molecule has 1 amide bonds. The second kappa shape index (κ2) is 6.62. The third kappa shape index (κ3) is 3.35. The highest BCUT2D eigenvalue weighted by molar-refractivity contribution is 5.78. The summed E-state index contributed by atoms with van der Waals surface area (Å²) in [4.78, 5) is 18.8. The minimum Gasteiger partial charge on any atom is -0.483 e. The average Bonchev–Trinajstić information content (AvgIpc) is 3.24. The van der Waals surface area contributed by atoms with Crippen LogP contribution in [0, 0.1) is 0 Å².